The minimum Gasteiger partial charge on any atom is -0.504 e. The van der Waals surface area contributed by atoms with Gasteiger partial charge >= 0.3 is 0 Å². The number of rotatable bonds is 3. The first kappa shape index (κ1) is 11.2. The lowest BCUT2D eigenvalue weighted by Gasteiger charge is -2.14. The quantitative estimate of drug-likeness (QED) is 0.682. The van der Waals surface area contributed by atoms with Crippen molar-refractivity contribution in [2.75, 3.05) is 6.54 Å². The molecule has 0 aliphatic carbocycles. The van der Waals surface area contributed by atoms with Crippen LogP contribution in [-0.2, 0) is 11.3 Å². The van der Waals surface area contributed by atoms with Gasteiger partial charge in [0.2, 0.25) is 0 Å². The Hall–Kier alpha value is -1.26. The molecule has 88 valence electrons. The van der Waals surface area contributed by atoms with Gasteiger partial charge in [0.25, 0.3) is 0 Å². The number of fused-ring (bicyclic) bond motifs is 1. The molecule has 3 N–H and O–H groups in total. The molecule has 0 amide bonds. The lowest BCUT2D eigenvalue weighted by Crippen LogP contribution is -2.27. The summed E-state index contributed by atoms with van der Waals surface area (Å²) in [4.78, 5) is 0. The Balaban J connectivity index is 2.17. The maximum absolute atomic E-state index is 9.66. The fourth-order valence-electron chi connectivity index (χ4n) is 1.88. The lowest BCUT2D eigenvalue weighted by atomic mass is 10.0. The van der Waals surface area contributed by atoms with Gasteiger partial charge in [-0.15, -0.1) is 0 Å². The summed E-state index contributed by atoms with van der Waals surface area (Å²) < 4.78 is 5.58. The summed E-state index contributed by atoms with van der Waals surface area (Å²) in [6.45, 7) is 5.23. The first-order valence-corrected chi connectivity index (χ1v) is 5.48. The molecule has 0 spiro atoms. The van der Waals surface area contributed by atoms with Gasteiger partial charge in [0.05, 0.1) is 12.7 Å². The number of phenols is 2. The van der Waals surface area contributed by atoms with Crippen LogP contribution >= 0.6 is 0 Å². The third-order valence-electron chi connectivity index (χ3n) is 2.78. The first-order chi connectivity index (χ1) is 7.59. The third-order valence-corrected chi connectivity index (χ3v) is 2.78. The Morgan fingerprint density at radius 2 is 2.19 bits per heavy atom. The average molecular weight is 223 g/mol. The van der Waals surface area contributed by atoms with Crippen LogP contribution in [0.25, 0.3) is 0 Å². The number of hydrogen-bond donors (Lipinski definition) is 3. The van der Waals surface area contributed by atoms with E-state index in [9.17, 15) is 10.2 Å². The molecule has 0 fully saturated rings. The van der Waals surface area contributed by atoms with Gasteiger partial charge in [-0.1, -0.05) is 19.9 Å². The summed E-state index contributed by atoms with van der Waals surface area (Å²) in [7, 11) is 0. The van der Waals surface area contributed by atoms with Gasteiger partial charge < -0.3 is 20.3 Å². The minimum absolute atomic E-state index is 0.0381. The van der Waals surface area contributed by atoms with E-state index < -0.39 is 0 Å². The van der Waals surface area contributed by atoms with E-state index in [1.54, 1.807) is 0 Å². The number of phenolic OH excluding ortho intramolecular Hbond substituents is 2. The normalized spacial score (nSPS) is 19.1. The maximum atomic E-state index is 9.66. The van der Waals surface area contributed by atoms with Crippen LogP contribution in [0.4, 0.5) is 0 Å². The standard InChI is InChI=1S/C12H17NO3/c1-7(2)13-5-11-8-3-4-10(14)12(15)9(8)6-16-11/h3-4,7,11,13-15H,5-6H2,1-2H3. The molecule has 2 rings (SSSR count). The van der Waals surface area contributed by atoms with Crippen molar-refractivity contribution in [2.24, 2.45) is 0 Å². The van der Waals surface area contributed by atoms with Crippen LogP contribution in [0.3, 0.4) is 0 Å². The molecule has 1 aromatic rings. The zero-order chi connectivity index (χ0) is 11.7. The second-order valence-corrected chi connectivity index (χ2v) is 4.36. The number of aromatic hydroxyl groups is 2. The van der Waals surface area contributed by atoms with Crippen molar-refractivity contribution < 1.29 is 14.9 Å². The van der Waals surface area contributed by atoms with Crippen LogP contribution in [0.2, 0.25) is 0 Å². The zero-order valence-corrected chi connectivity index (χ0v) is 9.53. The van der Waals surface area contributed by atoms with Gasteiger partial charge in [-0.05, 0) is 11.6 Å². The van der Waals surface area contributed by atoms with E-state index in [0.29, 0.717) is 18.2 Å². The summed E-state index contributed by atoms with van der Waals surface area (Å²) in [5.41, 5.74) is 1.67. The van der Waals surface area contributed by atoms with Gasteiger partial charge in [0, 0.05) is 18.2 Å². The predicted molar refractivity (Wildman–Crippen MR) is 60.4 cm³/mol. The molecule has 1 unspecified atom stereocenters. The maximum Gasteiger partial charge on any atom is 0.163 e. The van der Waals surface area contributed by atoms with E-state index in [-0.39, 0.29) is 17.6 Å². The van der Waals surface area contributed by atoms with Crippen LogP contribution < -0.4 is 5.32 Å². The summed E-state index contributed by atoms with van der Waals surface area (Å²) in [6, 6.07) is 3.72. The van der Waals surface area contributed by atoms with Gasteiger partial charge in [0.15, 0.2) is 11.5 Å². The van der Waals surface area contributed by atoms with Crippen LogP contribution in [0, 0.1) is 0 Å². The SMILES string of the molecule is CC(C)NCC1OCc2c1ccc(O)c2O. The van der Waals surface area contributed by atoms with Crippen LogP contribution in [-0.4, -0.2) is 22.8 Å². The van der Waals surface area contributed by atoms with Crippen molar-refractivity contribution in [2.45, 2.75) is 32.6 Å². The van der Waals surface area contributed by atoms with Gasteiger partial charge in [0.1, 0.15) is 0 Å². The number of ether oxygens (including phenoxy) is 1. The highest BCUT2D eigenvalue weighted by molar-refractivity contribution is 5.50. The number of nitrogens with one attached hydrogen (secondary N) is 1. The van der Waals surface area contributed by atoms with Gasteiger partial charge in [-0.3, -0.25) is 0 Å². The van der Waals surface area contributed by atoms with E-state index >= 15 is 0 Å². The third kappa shape index (κ3) is 1.99. The molecule has 16 heavy (non-hydrogen) atoms. The Kier molecular flexibility index (Phi) is 3.03. The summed E-state index contributed by atoms with van der Waals surface area (Å²) in [6.07, 6.45) is -0.0381. The number of benzene rings is 1. The molecule has 1 aliphatic rings. The fraction of sp³-hybridized carbons (Fsp3) is 0.500. The molecule has 1 aromatic carbocycles. The van der Waals surface area contributed by atoms with Crippen molar-refractivity contribution in [3.63, 3.8) is 0 Å². The molecule has 0 radical (unpaired) electrons. The molecular formula is C12H17NO3. The van der Waals surface area contributed by atoms with Gasteiger partial charge in [-0.2, -0.15) is 0 Å². The van der Waals surface area contributed by atoms with E-state index in [1.807, 2.05) is 6.07 Å². The molecule has 0 saturated heterocycles. The lowest BCUT2D eigenvalue weighted by molar-refractivity contribution is 0.0642. The highest BCUT2D eigenvalue weighted by Gasteiger charge is 2.26. The highest BCUT2D eigenvalue weighted by Crippen LogP contribution is 2.40. The molecule has 1 heterocycles. The highest BCUT2D eigenvalue weighted by atomic mass is 16.5. The molecule has 4 heteroatoms. The van der Waals surface area contributed by atoms with Crippen molar-refractivity contribution >= 4 is 0 Å². The predicted octanol–water partition coefficient (Wildman–Crippen LogP) is 1.67. The van der Waals surface area contributed by atoms with E-state index in [2.05, 4.69) is 19.2 Å². The molecule has 4 nitrogen and oxygen atoms in total. The smallest absolute Gasteiger partial charge is 0.163 e. The van der Waals surface area contributed by atoms with Crippen LogP contribution in [0.5, 0.6) is 11.5 Å². The van der Waals surface area contributed by atoms with Crippen LogP contribution in [0.1, 0.15) is 31.1 Å². The largest absolute Gasteiger partial charge is 0.504 e. The zero-order valence-electron chi connectivity index (χ0n) is 9.53. The van der Waals surface area contributed by atoms with Gasteiger partial charge in [-0.25, -0.2) is 0 Å². The summed E-state index contributed by atoms with van der Waals surface area (Å²) in [5, 5.41) is 22.3. The molecule has 0 bridgehead atoms. The summed E-state index contributed by atoms with van der Waals surface area (Å²) >= 11 is 0. The van der Waals surface area contributed by atoms with Crippen molar-refractivity contribution in [3.05, 3.63) is 23.3 Å². The average Bonchev–Trinajstić information content (AvgIpc) is 2.64. The Morgan fingerprint density at radius 3 is 2.88 bits per heavy atom. The van der Waals surface area contributed by atoms with E-state index in [1.165, 1.54) is 6.07 Å². The molecule has 1 atom stereocenters. The fourth-order valence-corrected chi connectivity index (χ4v) is 1.88. The van der Waals surface area contributed by atoms with Crippen molar-refractivity contribution in [1.82, 2.24) is 5.32 Å². The van der Waals surface area contributed by atoms with Crippen molar-refractivity contribution in [1.29, 1.82) is 0 Å². The topological polar surface area (TPSA) is 61.7 Å². The van der Waals surface area contributed by atoms with E-state index in [4.69, 9.17) is 4.74 Å². The summed E-state index contributed by atoms with van der Waals surface area (Å²) in [5.74, 6) is -0.135. The number of hydrogen-bond acceptors (Lipinski definition) is 4. The molecule has 1 aliphatic heterocycles. The molecule has 0 aromatic heterocycles. The second kappa shape index (κ2) is 4.31. The Bertz CT molecular complexity index is 390. The first-order valence-electron chi connectivity index (χ1n) is 5.48. The minimum atomic E-state index is -0.0835. The van der Waals surface area contributed by atoms with E-state index in [0.717, 1.165) is 12.1 Å². The van der Waals surface area contributed by atoms with Crippen LogP contribution in [0.15, 0.2) is 12.1 Å². The Morgan fingerprint density at radius 1 is 1.44 bits per heavy atom. The Labute approximate surface area is 94.9 Å². The molecule has 0 saturated carbocycles. The monoisotopic (exact) mass is 223 g/mol. The second-order valence-electron chi connectivity index (χ2n) is 4.36. The van der Waals surface area contributed by atoms with Crippen molar-refractivity contribution in [3.8, 4) is 11.5 Å². The molecular weight excluding hydrogens is 206 g/mol.